The van der Waals surface area contributed by atoms with Crippen molar-refractivity contribution in [2.75, 3.05) is 6.54 Å². The highest BCUT2D eigenvalue weighted by Gasteiger charge is 2.39. The Kier molecular flexibility index (Phi) is 6.44. The molecule has 4 aromatic rings. The zero-order chi connectivity index (χ0) is 27.2. The Bertz CT molecular complexity index is 1650. The zero-order valence-corrected chi connectivity index (χ0v) is 22.4. The molecule has 0 radical (unpaired) electrons. The second-order valence-corrected chi connectivity index (χ2v) is 12.1. The van der Waals surface area contributed by atoms with E-state index < -0.39 is 27.5 Å². The van der Waals surface area contributed by atoms with Crippen LogP contribution < -0.4 is 4.74 Å². The Morgan fingerprint density at radius 3 is 2.66 bits per heavy atom. The van der Waals surface area contributed by atoms with Crippen LogP contribution in [0.5, 0.6) is 5.88 Å². The number of aromatic nitrogens is 4. The lowest BCUT2D eigenvalue weighted by Gasteiger charge is -2.28. The van der Waals surface area contributed by atoms with E-state index in [9.17, 15) is 18.3 Å². The number of rotatable bonds is 6. The van der Waals surface area contributed by atoms with Crippen LogP contribution in [0.3, 0.4) is 0 Å². The van der Waals surface area contributed by atoms with Gasteiger partial charge in [-0.3, -0.25) is 9.20 Å². The van der Waals surface area contributed by atoms with Crippen LogP contribution in [0.25, 0.3) is 5.65 Å². The first kappa shape index (κ1) is 25.8. The first-order valence-electron chi connectivity index (χ1n) is 12.2. The number of benzene rings is 1. The van der Waals surface area contributed by atoms with Crippen LogP contribution in [-0.2, 0) is 21.4 Å². The molecule has 0 spiro atoms. The molecule has 3 aromatic heterocycles. The van der Waals surface area contributed by atoms with E-state index >= 15 is 0 Å². The van der Waals surface area contributed by atoms with Gasteiger partial charge in [-0.2, -0.15) is 4.31 Å². The summed E-state index contributed by atoms with van der Waals surface area (Å²) >= 11 is 0. The Labute approximate surface area is 221 Å². The minimum Gasteiger partial charge on any atom is -0.481 e. The van der Waals surface area contributed by atoms with E-state index in [-0.39, 0.29) is 30.3 Å². The average Bonchev–Trinajstić information content (AvgIpc) is 3.19. The van der Waals surface area contributed by atoms with Gasteiger partial charge in [0.05, 0.1) is 13.0 Å². The van der Waals surface area contributed by atoms with E-state index in [1.54, 1.807) is 6.07 Å². The molecule has 1 N–H and O–H groups in total. The first-order valence-corrected chi connectivity index (χ1v) is 13.7. The highest BCUT2D eigenvalue weighted by molar-refractivity contribution is 7.89. The maximum absolute atomic E-state index is 13.7. The van der Waals surface area contributed by atoms with Gasteiger partial charge < -0.3 is 9.84 Å². The molecule has 38 heavy (non-hydrogen) atoms. The zero-order valence-electron chi connectivity index (χ0n) is 21.6. The monoisotopic (exact) mass is 535 g/mol. The van der Waals surface area contributed by atoms with Gasteiger partial charge in [-0.1, -0.05) is 18.2 Å². The van der Waals surface area contributed by atoms with Crippen molar-refractivity contribution in [2.24, 2.45) is 0 Å². The number of hydrogen-bond donors (Lipinski definition) is 1. The third kappa shape index (κ3) is 4.86. The molecule has 4 heterocycles. The summed E-state index contributed by atoms with van der Waals surface area (Å²) in [5, 5.41) is 18.0. The summed E-state index contributed by atoms with van der Waals surface area (Å²) in [5.41, 5.74) is 3.07. The summed E-state index contributed by atoms with van der Waals surface area (Å²) in [5.74, 6) is -0.570. The second kappa shape index (κ2) is 9.48. The Morgan fingerprint density at radius 2 is 1.89 bits per heavy atom. The number of carboxylic acid groups (broad SMARTS) is 1. The van der Waals surface area contributed by atoms with Gasteiger partial charge in [0.15, 0.2) is 5.65 Å². The molecule has 0 saturated carbocycles. The SMILES string of the molecule is Cc1ccc(C(CC(=O)O)c2ccn3c(C)nnc3c2)cc1CN1CC(C)(C)Oc2ncccc2S1(=O)=O. The molecular formula is C27H29N5O5S. The van der Waals surface area contributed by atoms with Gasteiger partial charge in [0.25, 0.3) is 0 Å². The van der Waals surface area contributed by atoms with Gasteiger partial charge >= 0.3 is 5.97 Å². The number of carboxylic acids is 1. The number of nitrogens with zero attached hydrogens (tertiary/aromatic N) is 5. The molecule has 0 amide bonds. The second-order valence-electron chi connectivity index (χ2n) is 10.2. The molecule has 1 aliphatic rings. The van der Waals surface area contributed by atoms with E-state index in [0.717, 1.165) is 28.1 Å². The van der Waals surface area contributed by atoms with E-state index in [0.29, 0.717) is 5.65 Å². The van der Waals surface area contributed by atoms with Crippen molar-refractivity contribution >= 4 is 21.6 Å². The smallest absolute Gasteiger partial charge is 0.304 e. The van der Waals surface area contributed by atoms with Gasteiger partial charge in [-0.15, -0.1) is 10.2 Å². The fraction of sp³-hybridized carbons (Fsp3) is 0.333. The molecule has 10 nitrogen and oxygen atoms in total. The topological polar surface area (TPSA) is 127 Å². The third-order valence-corrected chi connectivity index (χ3v) is 8.60. The van der Waals surface area contributed by atoms with Crippen LogP contribution >= 0.6 is 0 Å². The van der Waals surface area contributed by atoms with Crippen LogP contribution in [0.4, 0.5) is 0 Å². The quantitative estimate of drug-likeness (QED) is 0.396. The Balaban J connectivity index is 1.55. The average molecular weight is 536 g/mol. The van der Waals surface area contributed by atoms with Crippen LogP contribution in [0.1, 0.15) is 54.3 Å². The molecule has 1 aromatic carbocycles. The highest BCUT2D eigenvalue weighted by atomic mass is 32.2. The standard InChI is InChI=1S/C27H29N5O5S/c1-17-7-8-19(22(14-25(33)34)20-9-11-32-18(2)29-30-24(32)13-20)12-21(17)15-31-16-27(3,4)37-26-23(38(31,35)36)6-5-10-28-26/h5-13,22H,14-16H2,1-4H3,(H,33,34). The van der Waals surface area contributed by atoms with E-state index in [1.165, 1.54) is 16.6 Å². The molecule has 0 bridgehead atoms. The number of aliphatic carboxylic acids is 1. The number of carbonyl (C=O) groups is 1. The molecule has 11 heteroatoms. The lowest BCUT2D eigenvalue weighted by atomic mass is 9.87. The van der Waals surface area contributed by atoms with E-state index in [2.05, 4.69) is 15.2 Å². The molecule has 0 saturated heterocycles. The van der Waals surface area contributed by atoms with Crippen molar-refractivity contribution in [3.63, 3.8) is 0 Å². The maximum Gasteiger partial charge on any atom is 0.304 e. The molecular weight excluding hydrogens is 506 g/mol. The normalized spacial score (nSPS) is 17.4. The number of fused-ring (bicyclic) bond motifs is 2. The number of ether oxygens (including phenoxy) is 1. The summed E-state index contributed by atoms with van der Waals surface area (Å²) in [6.07, 6.45) is 3.21. The molecule has 0 aliphatic carbocycles. The number of aryl methyl sites for hydroxylation is 2. The van der Waals surface area contributed by atoms with Crippen LogP contribution in [0.2, 0.25) is 0 Å². The molecule has 1 unspecified atom stereocenters. The van der Waals surface area contributed by atoms with Crippen LogP contribution in [-0.4, -0.2) is 55.5 Å². The maximum atomic E-state index is 13.7. The lowest BCUT2D eigenvalue weighted by Crippen LogP contribution is -2.42. The van der Waals surface area contributed by atoms with Crippen molar-refractivity contribution in [3.05, 3.63) is 82.9 Å². The number of sulfonamides is 1. The van der Waals surface area contributed by atoms with Gasteiger partial charge in [0.1, 0.15) is 16.3 Å². The molecule has 1 atom stereocenters. The number of hydrogen-bond acceptors (Lipinski definition) is 7. The molecule has 5 rings (SSSR count). The summed E-state index contributed by atoms with van der Waals surface area (Å²) in [6.45, 7) is 7.64. The fourth-order valence-electron chi connectivity index (χ4n) is 4.85. The van der Waals surface area contributed by atoms with Gasteiger partial charge in [-0.25, -0.2) is 13.4 Å². The summed E-state index contributed by atoms with van der Waals surface area (Å²) in [6, 6.07) is 12.5. The van der Waals surface area contributed by atoms with Crippen LogP contribution in [0.15, 0.2) is 59.8 Å². The van der Waals surface area contributed by atoms with Crippen molar-refractivity contribution in [1.29, 1.82) is 0 Å². The lowest BCUT2D eigenvalue weighted by molar-refractivity contribution is -0.137. The van der Waals surface area contributed by atoms with Crippen molar-refractivity contribution < 1.29 is 23.1 Å². The molecule has 0 fully saturated rings. The predicted molar refractivity (Wildman–Crippen MR) is 140 cm³/mol. The summed E-state index contributed by atoms with van der Waals surface area (Å²) in [7, 11) is -3.90. The Morgan fingerprint density at radius 1 is 1.13 bits per heavy atom. The van der Waals surface area contributed by atoms with Gasteiger partial charge in [0, 0.05) is 24.9 Å². The fourth-order valence-corrected chi connectivity index (χ4v) is 6.48. The largest absolute Gasteiger partial charge is 0.481 e. The van der Waals surface area contributed by atoms with Gasteiger partial charge in [-0.05, 0) is 74.2 Å². The molecule has 1 aliphatic heterocycles. The van der Waals surface area contributed by atoms with Crippen molar-refractivity contribution in [3.8, 4) is 5.88 Å². The number of pyridine rings is 2. The van der Waals surface area contributed by atoms with E-state index in [4.69, 9.17) is 4.74 Å². The molecule has 198 valence electrons. The van der Waals surface area contributed by atoms with Crippen molar-refractivity contribution in [2.45, 2.75) is 57.1 Å². The minimum atomic E-state index is -3.90. The van der Waals surface area contributed by atoms with Crippen LogP contribution in [0, 0.1) is 13.8 Å². The van der Waals surface area contributed by atoms with Crippen molar-refractivity contribution in [1.82, 2.24) is 23.9 Å². The third-order valence-electron chi connectivity index (χ3n) is 6.79. The summed E-state index contributed by atoms with van der Waals surface area (Å²) < 4.78 is 36.5. The first-order chi connectivity index (χ1) is 17.9. The minimum absolute atomic E-state index is 0.0278. The Hall–Kier alpha value is -3.83. The van der Waals surface area contributed by atoms with Gasteiger partial charge in [0.2, 0.25) is 15.9 Å². The predicted octanol–water partition coefficient (Wildman–Crippen LogP) is 3.71. The van der Waals surface area contributed by atoms with E-state index in [1.807, 2.05) is 68.6 Å². The highest BCUT2D eigenvalue weighted by Crippen LogP contribution is 2.35. The summed E-state index contributed by atoms with van der Waals surface area (Å²) in [4.78, 5) is 16.0.